The molecule has 0 N–H and O–H groups in total. The number of hydrogen-bond donors (Lipinski definition) is 0. The van der Waals surface area contributed by atoms with Crippen LogP contribution < -0.4 is 9.64 Å². The first-order valence-electron chi connectivity index (χ1n) is 18.0. The Morgan fingerprint density at radius 2 is 1.30 bits per heavy atom. The fourth-order valence-electron chi connectivity index (χ4n) is 8.64. The van der Waals surface area contributed by atoms with Gasteiger partial charge in [-0.25, -0.2) is 9.97 Å². The third-order valence-corrected chi connectivity index (χ3v) is 11.0. The van der Waals surface area contributed by atoms with Gasteiger partial charge in [0.2, 0.25) is 0 Å². The Morgan fingerprint density at radius 3 is 2.19 bits per heavy atom. The Balaban J connectivity index is 1.11. The molecule has 0 saturated carbocycles. The maximum Gasteiger partial charge on any atom is 0.145 e. The maximum atomic E-state index is 6.70. The van der Waals surface area contributed by atoms with Crippen LogP contribution in [0.4, 0.5) is 17.2 Å². The fourth-order valence-corrected chi connectivity index (χ4v) is 8.64. The number of hydrogen-bond acceptors (Lipinski definition) is 4. The van der Waals surface area contributed by atoms with Gasteiger partial charge in [-0.3, -0.25) is 9.30 Å². The summed E-state index contributed by atoms with van der Waals surface area (Å²) >= 11 is 0. The zero-order chi connectivity index (χ0) is 35.3. The van der Waals surface area contributed by atoms with E-state index in [0.717, 1.165) is 61.8 Å². The Bertz CT molecular complexity index is 3080. The van der Waals surface area contributed by atoms with Crippen LogP contribution in [-0.4, -0.2) is 18.9 Å². The van der Waals surface area contributed by atoms with Crippen molar-refractivity contribution in [3.05, 3.63) is 175 Å². The highest BCUT2D eigenvalue weighted by Crippen LogP contribution is 2.55. The summed E-state index contributed by atoms with van der Waals surface area (Å²) in [6.07, 6.45) is 5.78. The van der Waals surface area contributed by atoms with Crippen LogP contribution in [-0.2, 0) is 5.41 Å². The fraction of sp³-hybridized carbons (Fsp3) is 0.0638. The summed E-state index contributed by atoms with van der Waals surface area (Å²) < 4.78 is 11.2. The summed E-state index contributed by atoms with van der Waals surface area (Å²) in [6, 6.07) is 51.4. The number of rotatable bonds is 4. The number of ether oxygens (including phenoxy) is 1. The molecule has 0 unspecified atom stereocenters. The van der Waals surface area contributed by atoms with Crippen LogP contribution in [0.25, 0.3) is 54.8 Å². The molecule has 0 saturated heterocycles. The van der Waals surface area contributed by atoms with Crippen LogP contribution in [0.1, 0.15) is 25.0 Å². The third-order valence-electron chi connectivity index (χ3n) is 11.0. The lowest BCUT2D eigenvalue weighted by molar-refractivity contribution is 0.483. The number of nitrogens with zero attached hydrogens (tertiary/aromatic N) is 5. The van der Waals surface area contributed by atoms with Crippen LogP contribution >= 0.6 is 0 Å². The number of benzene rings is 6. The van der Waals surface area contributed by atoms with Gasteiger partial charge in [0, 0.05) is 62.9 Å². The molecule has 0 spiro atoms. The molecule has 0 radical (unpaired) electrons. The molecular weight excluding hydrogens is 651 g/mol. The van der Waals surface area contributed by atoms with Crippen molar-refractivity contribution in [1.29, 1.82) is 0 Å². The second-order valence-electron chi connectivity index (χ2n) is 14.3. The Kier molecular flexibility index (Phi) is 6.20. The zero-order valence-corrected chi connectivity index (χ0v) is 29.2. The first-order chi connectivity index (χ1) is 26.1. The highest BCUT2D eigenvalue weighted by Gasteiger charge is 2.40. The molecular formula is C47H33N5O. The molecule has 252 valence electrons. The van der Waals surface area contributed by atoms with E-state index in [4.69, 9.17) is 14.7 Å². The van der Waals surface area contributed by atoms with Crippen molar-refractivity contribution in [3.63, 3.8) is 0 Å². The molecule has 0 atom stereocenters. The molecule has 53 heavy (non-hydrogen) atoms. The first kappa shape index (κ1) is 29.8. The second-order valence-corrected chi connectivity index (χ2v) is 14.3. The lowest BCUT2D eigenvalue weighted by Gasteiger charge is -2.41. The van der Waals surface area contributed by atoms with Crippen LogP contribution in [0.3, 0.4) is 0 Å². The van der Waals surface area contributed by atoms with Gasteiger partial charge < -0.3 is 9.30 Å². The Labute approximate surface area is 305 Å². The van der Waals surface area contributed by atoms with E-state index in [1.54, 1.807) is 0 Å². The smallest absolute Gasteiger partial charge is 0.145 e. The number of para-hydroxylation sites is 3. The van der Waals surface area contributed by atoms with Gasteiger partial charge in [-0.2, -0.15) is 0 Å². The number of fused-ring (bicyclic) bond motifs is 12. The number of anilines is 3. The molecule has 4 aromatic heterocycles. The average Bonchev–Trinajstić information content (AvgIpc) is 3.83. The molecule has 6 aromatic carbocycles. The van der Waals surface area contributed by atoms with E-state index >= 15 is 0 Å². The number of imidazole rings is 1. The summed E-state index contributed by atoms with van der Waals surface area (Å²) in [7, 11) is 0. The lowest BCUT2D eigenvalue weighted by atomic mass is 9.74. The summed E-state index contributed by atoms with van der Waals surface area (Å²) in [5, 5.41) is 5.77. The van der Waals surface area contributed by atoms with Crippen LogP contribution in [0.15, 0.2) is 164 Å². The SMILES string of the molecule is CC1(C)c2cccnc2N(c2cccc(Oc3ccc4c5ccccc5n5ccnc5c4c3)c2)c2c1ccc1c2c2ccccc2n1-c1ccccc1. The van der Waals surface area contributed by atoms with Gasteiger partial charge in [-0.05, 0) is 77.7 Å². The van der Waals surface area contributed by atoms with Crippen LogP contribution in [0.5, 0.6) is 11.5 Å². The predicted octanol–water partition coefficient (Wildman–Crippen LogP) is 12.0. The minimum atomic E-state index is -0.291. The number of aromatic nitrogens is 4. The monoisotopic (exact) mass is 683 g/mol. The van der Waals surface area contributed by atoms with Crippen molar-refractivity contribution in [2.75, 3.05) is 4.90 Å². The molecule has 10 aromatic rings. The maximum absolute atomic E-state index is 6.70. The molecule has 6 heteroatoms. The van der Waals surface area contributed by atoms with Gasteiger partial charge in [0.05, 0.1) is 27.9 Å². The van der Waals surface area contributed by atoms with Crippen molar-refractivity contribution in [2.24, 2.45) is 0 Å². The van der Waals surface area contributed by atoms with Gasteiger partial charge >= 0.3 is 0 Å². The summed E-state index contributed by atoms with van der Waals surface area (Å²) in [5.41, 5.74) is 9.74. The molecule has 0 aliphatic carbocycles. The minimum absolute atomic E-state index is 0.291. The summed E-state index contributed by atoms with van der Waals surface area (Å²) in [5.74, 6) is 2.41. The van der Waals surface area contributed by atoms with E-state index in [-0.39, 0.29) is 5.41 Å². The van der Waals surface area contributed by atoms with E-state index in [0.29, 0.717) is 0 Å². The highest BCUT2D eigenvalue weighted by molar-refractivity contribution is 6.18. The van der Waals surface area contributed by atoms with Gasteiger partial charge in [0.1, 0.15) is 23.0 Å². The van der Waals surface area contributed by atoms with Gasteiger partial charge in [0.25, 0.3) is 0 Å². The Morgan fingerprint density at radius 1 is 0.528 bits per heavy atom. The normalized spacial score (nSPS) is 13.6. The second kappa shape index (κ2) is 11.0. The van der Waals surface area contributed by atoms with Crippen molar-refractivity contribution >= 4 is 66.3 Å². The summed E-state index contributed by atoms with van der Waals surface area (Å²) in [6.45, 7) is 4.62. The predicted molar refractivity (Wildman–Crippen MR) is 216 cm³/mol. The Hall–Kier alpha value is -6.92. The quantitative estimate of drug-likeness (QED) is 0.173. The molecule has 5 heterocycles. The highest BCUT2D eigenvalue weighted by atomic mass is 16.5. The van der Waals surface area contributed by atoms with Gasteiger partial charge in [-0.1, -0.05) is 86.6 Å². The van der Waals surface area contributed by atoms with E-state index in [1.807, 2.05) is 30.7 Å². The molecule has 1 aliphatic heterocycles. The summed E-state index contributed by atoms with van der Waals surface area (Å²) in [4.78, 5) is 12.2. The van der Waals surface area contributed by atoms with E-state index in [2.05, 4.69) is 161 Å². The minimum Gasteiger partial charge on any atom is -0.457 e. The third kappa shape index (κ3) is 4.26. The number of pyridine rings is 2. The molecule has 0 amide bonds. The van der Waals surface area contributed by atoms with E-state index < -0.39 is 0 Å². The largest absolute Gasteiger partial charge is 0.457 e. The average molecular weight is 684 g/mol. The molecule has 0 bridgehead atoms. The van der Waals surface area contributed by atoms with Crippen LogP contribution in [0, 0.1) is 0 Å². The van der Waals surface area contributed by atoms with Gasteiger partial charge in [0.15, 0.2) is 0 Å². The van der Waals surface area contributed by atoms with Crippen molar-refractivity contribution in [1.82, 2.24) is 18.9 Å². The van der Waals surface area contributed by atoms with Crippen molar-refractivity contribution in [2.45, 2.75) is 19.3 Å². The molecule has 1 aliphatic rings. The van der Waals surface area contributed by atoms with Crippen molar-refractivity contribution in [3.8, 4) is 17.2 Å². The zero-order valence-electron chi connectivity index (χ0n) is 29.2. The topological polar surface area (TPSA) is 47.6 Å². The molecule has 0 fully saturated rings. The standard InChI is InChI=1S/C47H33N5O/c1-47(2)38-23-24-42-43(36-17-7-9-20-41(36)51(42)30-12-4-3-5-13-30)44(38)52(46-39(47)18-11-25-48-46)31-14-10-15-32(28-31)53-33-21-22-34-35-16-6-8-19-40(35)50-27-26-49-45(50)37(34)29-33/h3-29H,1-2H3. The van der Waals surface area contributed by atoms with E-state index in [1.165, 1.54) is 32.8 Å². The van der Waals surface area contributed by atoms with Gasteiger partial charge in [-0.15, -0.1) is 0 Å². The first-order valence-corrected chi connectivity index (χ1v) is 18.0. The van der Waals surface area contributed by atoms with Crippen LogP contribution in [0.2, 0.25) is 0 Å². The van der Waals surface area contributed by atoms with E-state index in [9.17, 15) is 0 Å². The molecule has 11 rings (SSSR count). The molecule has 6 nitrogen and oxygen atoms in total. The lowest BCUT2D eigenvalue weighted by Crippen LogP contribution is -2.31. The van der Waals surface area contributed by atoms with Crippen molar-refractivity contribution < 1.29 is 4.74 Å².